The van der Waals surface area contributed by atoms with Crippen molar-refractivity contribution in [1.82, 2.24) is 23.1 Å². The summed E-state index contributed by atoms with van der Waals surface area (Å²) in [5.41, 5.74) is 1.40. The summed E-state index contributed by atoms with van der Waals surface area (Å²) in [7, 11) is 3.03. The summed E-state index contributed by atoms with van der Waals surface area (Å²) >= 11 is 0. The third kappa shape index (κ3) is 2.75. The highest BCUT2D eigenvalue weighted by Crippen LogP contribution is 2.27. The quantitative estimate of drug-likeness (QED) is 0.379. The predicted octanol–water partition coefficient (Wildman–Crippen LogP) is 2.06. The van der Waals surface area contributed by atoms with Crippen LogP contribution >= 0.6 is 0 Å². The minimum atomic E-state index is -0.440. The van der Waals surface area contributed by atoms with Crippen LogP contribution in [-0.2, 0) is 20.6 Å². The number of non-ortho nitro benzene ring substituents is 1. The molecule has 10 heteroatoms. The number of imidazole rings is 2. The van der Waals surface area contributed by atoms with Crippen LogP contribution in [0.4, 0.5) is 5.69 Å². The summed E-state index contributed by atoms with van der Waals surface area (Å²) in [6, 6.07) is 6.28. The number of hydrogen-bond acceptors (Lipinski definition) is 5. The first-order valence-corrected chi connectivity index (χ1v) is 9.27. The SMILES string of the molecule is CCCCn1c(-c2ccc([N+](=O)[O-])cc2)cn2c3c(=O)n(C)c(=O)n(C)c3nc12. The molecule has 4 rings (SSSR count). The van der Waals surface area contributed by atoms with Crippen LogP contribution in [0, 0.1) is 10.1 Å². The van der Waals surface area contributed by atoms with Gasteiger partial charge in [-0.3, -0.25) is 28.4 Å². The number of nitro benzene ring substituents is 1. The fraction of sp³-hybridized carbons (Fsp3) is 0.316. The smallest absolute Gasteiger partial charge is 0.310 e. The lowest BCUT2D eigenvalue weighted by Crippen LogP contribution is -2.37. The molecule has 0 aliphatic heterocycles. The minimum absolute atomic E-state index is 0.0134. The van der Waals surface area contributed by atoms with E-state index in [1.54, 1.807) is 29.8 Å². The number of unbranched alkanes of at least 4 members (excludes halogenated alkanes) is 1. The second kappa shape index (κ2) is 6.73. The molecule has 0 amide bonds. The van der Waals surface area contributed by atoms with E-state index in [0.29, 0.717) is 23.5 Å². The number of aromatic nitrogens is 5. The number of fused-ring (bicyclic) bond motifs is 3. The molecule has 0 unspecified atom stereocenters. The number of benzene rings is 1. The minimum Gasteiger partial charge on any atom is -0.310 e. The largest absolute Gasteiger partial charge is 0.332 e. The van der Waals surface area contributed by atoms with Gasteiger partial charge in [0.05, 0.1) is 10.6 Å². The molecule has 1 aromatic carbocycles. The van der Waals surface area contributed by atoms with Gasteiger partial charge in [-0.1, -0.05) is 13.3 Å². The molecule has 10 nitrogen and oxygen atoms in total. The maximum atomic E-state index is 12.8. The van der Waals surface area contributed by atoms with Crippen molar-refractivity contribution < 1.29 is 4.92 Å². The lowest BCUT2D eigenvalue weighted by Gasteiger charge is -2.08. The molecule has 3 heterocycles. The molecule has 0 aliphatic rings. The van der Waals surface area contributed by atoms with Gasteiger partial charge in [0.2, 0.25) is 5.78 Å². The zero-order valence-corrected chi connectivity index (χ0v) is 16.3. The Balaban J connectivity index is 2.03. The molecule has 0 radical (unpaired) electrons. The average molecular weight is 396 g/mol. The molecule has 0 atom stereocenters. The van der Waals surface area contributed by atoms with E-state index in [1.165, 1.54) is 23.7 Å². The van der Waals surface area contributed by atoms with Crippen molar-refractivity contribution >= 4 is 22.6 Å². The van der Waals surface area contributed by atoms with Crippen LogP contribution in [0.5, 0.6) is 0 Å². The molecule has 0 N–H and O–H groups in total. The number of nitro groups is 1. The number of rotatable bonds is 5. The Kier molecular flexibility index (Phi) is 4.33. The Bertz CT molecular complexity index is 1370. The van der Waals surface area contributed by atoms with Crippen LogP contribution in [0.1, 0.15) is 19.8 Å². The summed E-state index contributed by atoms with van der Waals surface area (Å²) in [5.74, 6) is 0.556. The number of hydrogen-bond donors (Lipinski definition) is 0. The van der Waals surface area contributed by atoms with Crippen molar-refractivity contribution in [2.75, 3.05) is 0 Å². The van der Waals surface area contributed by atoms with Crippen molar-refractivity contribution in [2.24, 2.45) is 14.1 Å². The molecule has 0 aliphatic carbocycles. The predicted molar refractivity (Wildman–Crippen MR) is 108 cm³/mol. The number of aryl methyl sites for hydroxylation is 2. The zero-order chi connectivity index (χ0) is 20.9. The molecular formula is C19H20N6O4. The molecule has 150 valence electrons. The molecular weight excluding hydrogens is 376 g/mol. The van der Waals surface area contributed by atoms with Gasteiger partial charge < -0.3 is 4.57 Å². The first-order valence-electron chi connectivity index (χ1n) is 9.27. The molecule has 4 aromatic rings. The highest BCUT2D eigenvalue weighted by atomic mass is 16.6. The Morgan fingerprint density at radius 3 is 2.41 bits per heavy atom. The van der Waals surface area contributed by atoms with Crippen molar-refractivity contribution in [2.45, 2.75) is 26.3 Å². The van der Waals surface area contributed by atoms with Gasteiger partial charge in [-0.15, -0.1) is 0 Å². The van der Waals surface area contributed by atoms with Gasteiger partial charge in [-0.05, 0) is 18.6 Å². The highest BCUT2D eigenvalue weighted by Gasteiger charge is 2.21. The Hall–Kier alpha value is -3.69. The van der Waals surface area contributed by atoms with E-state index in [4.69, 9.17) is 0 Å². The van der Waals surface area contributed by atoms with Gasteiger partial charge >= 0.3 is 5.69 Å². The standard InChI is InChI=1S/C19H20N6O4/c1-4-5-10-23-14(12-6-8-13(9-7-12)25(28)29)11-24-15-16(20-18(23)24)21(2)19(27)22(3)17(15)26/h6-9,11H,4-5,10H2,1-3H3. The second-order valence-electron chi connectivity index (χ2n) is 6.98. The Morgan fingerprint density at radius 2 is 1.79 bits per heavy atom. The van der Waals surface area contributed by atoms with Crippen LogP contribution in [0.25, 0.3) is 28.2 Å². The van der Waals surface area contributed by atoms with E-state index in [0.717, 1.165) is 28.7 Å². The van der Waals surface area contributed by atoms with Crippen LogP contribution in [0.15, 0.2) is 40.1 Å². The van der Waals surface area contributed by atoms with Gasteiger partial charge in [-0.25, -0.2) is 4.79 Å². The Labute approximate surface area is 164 Å². The molecule has 29 heavy (non-hydrogen) atoms. The fourth-order valence-electron chi connectivity index (χ4n) is 3.54. The van der Waals surface area contributed by atoms with Crippen molar-refractivity contribution in [3.63, 3.8) is 0 Å². The lowest BCUT2D eigenvalue weighted by molar-refractivity contribution is -0.384. The second-order valence-corrected chi connectivity index (χ2v) is 6.98. The normalized spacial score (nSPS) is 11.6. The molecule has 3 aromatic heterocycles. The van der Waals surface area contributed by atoms with Crippen molar-refractivity contribution in [3.8, 4) is 11.3 Å². The van der Waals surface area contributed by atoms with Crippen LogP contribution in [-0.4, -0.2) is 28.0 Å². The Morgan fingerprint density at radius 1 is 1.10 bits per heavy atom. The van der Waals surface area contributed by atoms with Gasteiger partial charge in [-0.2, -0.15) is 4.98 Å². The van der Waals surface area contributed by atoms with Crippen molar-refractivity contribution in [3.05, 3.63) is 61.4 Å². The first-order chi connectivity index (χ1) is 13.8. The molecule has 0 bridgehead atoms. The topological polar surface area (TPSA) is 109 Å². The lowest BCUT2D eigenvalue weighted by atomic mass is 10.1. The third-order valence-corrected chi connectivity index (χ3v) is 5.17. The van der Waals surface area contributed by atoms with Crippen LogP contribution in [0.3, 0.4) is 0 Å². The summed E-state index contributed by atoms with van der Waals surface area (Å²) in [6.07, 6.45) is 3.66. The summed E-state index contributed by atoms with van der Waals surface area (Å²) in [6.45, 7) is 2.74. The zero-order valence-electron chi connectivity index (χ0n) is 16.3. The molecule has 0 spiro atoms. The van der Waals surface area contributed by atoms with Crippen molar-refractivity contribution in [1.29, 1.82) is 0 Å². The maximum absolute atomic E-state index is 12.8. The van der Waals surface area contributed by atoms with E-state index in [9.17, 15) is 19.7 Å². The van der Waals surface area contributed by atoms with E-state index < -0.39 is 16.2 Å². The maximum Gasteiger partial charge on any atom is 0.332 e. The van der Waals surface area contributed by atoms with Gasteiger partial charge in [0.1, 0.15) is 0 Å². The van der Waals surface area contributed by atoms with E-state index in [2.05, 4.69) is 11.9 Å². The van der Waals surface area contributed by atoms with E-state index >= 15 is 0 Å². The monoisotopic (exact) mass is 396 g/mol. The summed E-state index contributed by atoms with van der Waals surface area (Å²) in [5, 5.41) is 11.0. The van der Waals surface area contributed by atoms with Crippen LogP contribution in [0.2, 0.25) is 0 Å². The first kappa shape index (κ1) is 18.7. The third-order valence-electron chi connectivity index (χ3n) is 5.17. The molecule has 0 saturated carbocycles. The van der Waals surface area contributed by atoms with Crippen LogP contribution < -0.4 is 11.2 Å². The summed E-state index contributed by atoms with van der Waals surface area (Å²) < 4.78 is 6.10. The molecule has 0 fully saturated rings. The highest BCUT2D eigenvalue weighted by molar-refractivity contribution is 5.78. The summed E-state index contributed by atoms with van der Waals surface area (Å²) in [4.78, 5) is 40.1. The van der Waals surface area contributed by atoms with Gasteiger partial charge in [0, 0.05) is 44.5 Å². The molecule has 0 saturated heterocycles. The van der Waals surface area contributed by atoms with Gasteiger partial charge in [0.15, 0.2) is 11.2 Å². The fourth-order valence-corrected chi connectivity index (χ4v) is 3.54. The van der Waals surface area contributed by atoms with E-state index in [-0.39, 0.29) is 5.69 Å². The van der Waals surface area contributed by atoms with E-state index in [1.807, 2.05) is 4.57 Å². The number of nitrogens with zero attached hydrogens (tertiary/aromatic N) is 6. The van der Waals surface area contributed by atoms with Gasteiger partial charge in [0.25, 0.3) is 11.2 Å². The average Bonchev–Trinajstić information content (AvgIpc) is 3.25.